The minimum absolute atomic E-state index is 0.0656. The van der Waals surface area contributed by atoms with E-state index in [0.717, 1.165) is 18.6 Å². The summed E-state index contributed by atoms with van der Waals surface area (Å²) in [5.74, 6) is 0.587. The second kappa shape index (κ2) is 8.68. The molecule has 0 aromatic rings. The lowest BCUT2D eigenvalue weighted by atomic mass is 9.83. The van der Waals surface area contributed by atoms with Crippen LogP contribution in [0.2, 0.25) is 0 Å². The lowest BCUT2D eigenvalue weighted by molar-refractivity contribution is -0.00156. The van der Waals surface area contributed by atoms with Crippen LogP contribution in [0.25, 0.3) is 0 Å². The van der Waals surface area contributed by atoms with Crippen molar-refractivity contribution < 1.29 is 5.11 Å². The average Bonchev–Trinajstić information content (AvgIpc) is 2.62. The Morgan fingerprint density at radius 3 is 1.50 bits per heavy atom. The number of rotatable bonds is 5. The zero-order valence-corrected chi connectivity index (χ0v) is 14.5. The van der Waals surface area contributed by atoms with Gasteiger partial charge < -0.3 is 5.11 Å². The van der Waals surface area contributed by atoms with Crippen LogP contribution in [0.1, 0.15) is 96.3 Å². The normalized spacial score (nSPS) is 28.1. The highest BCUT2D eigenvalue weighted by Gasteiger charge is 2.32. The Hall–Kier alpha value is -0.0800. The average molecular weight is 308 g/mol. The quantitative estimate of drug-likeness (QED) is 0.781. The van der Waals surface area contributed by atoms with Gasteiger partial charge in [-0.05, 0) is 44.4 Å². The molecule has 1 N–H and O–H groups in total. The molecular weight excluding hydrogens is 270 g/mol. The van der Waals surface area contributed by atoms with Crippen LogP contribution in [0.5, 0.6) is 0 Å². The van der Waals surface area contributed by atoms with Crippen molar-refractivity contribution in [2.75, 3.05) is 6.54 Å². The first-order valence-electron chi connectivity index (χ1n) is 10.3. The van der Waals surface area contributed by atoms with Crippen molar-refractivity contribution in [3.05, 3.63) is 0 Å². The molecule has 0 aromatic heterocycles. The molecular formula is C20H37NO. The van der Waals surface area contributed by atoms with Gasteiger partial charge in [-0.2, -0.15) is 0 Å². The van der Waals surface area contributed by atoms with Gasteiger partial charge in [-0.25, -0.2) is 0 Å². The summed E-state index contributed by atoms with van der Waals surface area (Å²) in [4.78, 5) is 2.79. The Bertz CT molecular complexity index is 283. The number of hydrogen-bond acceptors (Lipinski definition) is 2. The third-order valence-corrected chi connectivity index (χ3v) is 6.68. The number of nitrogens with zero attached hydrogens (tertiary/aromatic N) is 1. The van der Waals surface area contributed by atoms with Gasteiger partial charge in [-0.1, -0.05) is 57.8 Å². The fourth-order valence-corrected chi connectivity index (χ4v) is 5.31. The fourth-order valence-electron chi connectivity index (χ4n) is 5.31. The van der Waals surface area contributed by atoms with Gasteiger partial charge in [-0.3, -0.25) is 4.90 Å². The summed E-state index contributed by atoms with van der Waals surface area (Å²) in [5.41, 5.74) is 0. The zero-order valence-electron chi connectivity index (χ0n) is 14.5. The van der Waals surface area contributed by atoms with Crippen molar-refractivity contribution in [3.8, 4) is 0 Å². The third-order valence-electron chi connectivity index (χ3n) is 6.68. The highest BCUT2D eigenvalue weighted by molar-refractivity contribution is 4.87. The molecule has 2 heteroatoms. The Balaban J connectivity index is 1.61. The van der Waals surface area contributed by atoms with Crippen molar-refractivity contribution in [1.82, 2.24) is 4.90 Å². The zero-order chi connectivity index (χ0) is 15.2. The molecule has 0 aliphatic heterocycles. The van der Waals surface area contributed by atoms with Crippen LogP contribution in [0, 0.1) is 5.92 Å². The first kappa shape index (κ1) is 16.8. The number of aliphatic hydroxyl groups excluding tert-OH is 1. The highest BCUT2D eigenvalue weighted by atomic mass is 16.3. The molecule has 0 bridgehead atoms. The van der Waals surface area contributed by atoms with E-state index in [1.165, 1.54) is 96.3 Å². The van der Waals surface area contributed by atoms with Crippen LogP contribution < -0.4 is 0 Å². The molecule has 0 aromatic carbocycles. The second-order valence-electron chi connectivity index (χ2n) is 8.25. The van der Waals surface area contributed by atoms with E-state index in [0.29, 0.717) is 5.92 Å². The van der Waals surface area contributed by atoms with Crippen LogP contribution in [-0.2, 0) is 0 Å². The van der Waals surface area contributed by atoms with Crippen LogP contribution in [0.3, 0.4) is 0 Å². The van der Waals surface area contributed by atoms with E-state index in [2.05, 4.69) is 4.90 Å². The molecule has 0 saturated heterocycles. The second-order valence-corrected chi connectivity index (χ2v) is 8.25. The van der Waals surface area contributed by atoms with E-state index < -0.39 is 0 Å². The van der Waals surface area contributed by atoms with Gasteiger partial charge in [0.15, 0.2) is 0 Å². The summed E-state index contributed by atoms with van der Waals surface area (Å²) in [6, 6.07) is 1.55. The molecule has 3 rings (SSSR count). The number of hydrogen-bond donors (Lipinski definition) is 1. The van der Waals surface area contributed by atoms with Gasteiger partial charge in [0.05, 0.1) is 6.10 Å². The topological polar surface area (TPSA) is 23.5 Å². The maximum Gasteiger partial charge on any atom is 0.0695 e. The molecule has 128 valence electrons. The molecule has 3 aliphatic carbocycles. The molecule has 1 atom stereocenters. The van der Waals surface area contributed by atoms with Crippen LogP contribution in [0.15, 0.2) is 0 Å². The summed E-state index contributed by atoms with van der Waals surface area (Å²) in [6.07, 6.45) is 20.6. The third kappa shape index (κ3) is 4.47. The lowest BCUT2D eigenvalue weighted by Gasteiger charge is -2.43. The highest BCUT2D eigenvalue weighted by Crippen LogP contribution is 2.32. The van der Waals surface area contributed by atoms with Crippen molar-refractivity contribution in [1.29, 1.82) is 0 Å². The Labute approximate surface area is 137 Å². The van der Waals surface area contributed by atoms with Gasteiger partial charge in [-0.15, -0.1) is 0 Å². The molecule has 3 saturated carbocycles. The van der Waals surface area contributed by atoms with E-state index in [-0.39, 0.29) is 6.10 Å². The Kier molecular flexibility index (Phi) is 6.62. The maximum atomic E-state index is 10.9. The van der Waals surface area contributed by atoms with Gasteiger partial charge >= 0.3 is 0 Å². The Morgan fingerprint density at radius 1 is 0.636 bits per heavy atom. The summed E-state index contributed by atoms with van der Waals surface area (Å²) in [6.45, 7) is 0.972. The molecule has 3 fully saturated rings. The SMILES string of the molecule is OC(CN(C1CCCCC1)C1CCCCC1)C1CCCCC1. The van der Waals surface area contributed by atoms with Crippen LogP contribution >= 0.6 is 0 Å². The summed E-state index contributed by atoms with van der Waals surface area (Å²) in [7, 11) is 0. The van der Waals surface area contributed by atoms with Crippen molar-refractivity contribution in [2.45, 2.75) is 114 Å². The number of aliphatic hydroxyl groups is 1. The van der Waals surface area contributed by atoms with Gasteiger partial charge in [0.25, 0.3) is 0 Å². The Morgan fingerprint density at radius 2 is 1.05 bits per heavy atom. The van der Waals surface area contributed by atoms with Crippen molar-refractivity contribution in [3.63, 3.8) is 0 Å². The minimum Gasteiger partial charge on any atom is -0.392 e. The van der Waals surface area contributed by atoms with Gasteiger partial charge in [0.2, 0.25) is 0 Å². The maximum absolute atomic E-state index is 10.9. The van der Waals surface area contributed by atoms with E-state index in [4.69, 9.17) is 0 Å². The molecule has 0 radical (unpaired) electrons. The monoisotopic (exact) mass is 307 g/mol. The first-order chi connectivity index (χ1) is 10.8. The lowest BCUT2D eigenvalue weighted by Crippen LogP contribution is -2.49. The molecule has 0 spiro atoms. The minimum atomic E-state index is -0.0656. The molecule has 0 heterocycles. The fraction of sp³-hybridized carbons (Fsp3) is 1.00. The first-order valence-corrected chi connectivity index (χ1v) is 10.3. The molecule has 2 nitrogen and oxygen atoms in total. The van der Waals surface area contributed by atoms with Crippen LogP contribution in [0.4, 0.5) is 0 Å². The predicted molar refractivity (Wildman–Crippen MR) is 93.0 cm³/mol. The van der Waals surface area contributed by atoms with E-state index in [1.54, 1.807) is 0 Å². The molecule has 22 heavy (non-hydrogen) atoms. The molecule has 0 amide bonds. The standard InChI is InChI=1S/C20H37NO/c22-20(17-10-4-1-5-11-17)16-21(18-12-6-2-7-13-18)19-14-8-3-9-15-19/h17-20,22H,1-16H2. The summed E-state index contributed by atoms with van der Waals surface area (Å²) in [5, 5.41) is 10.9. The van der Waals surface area contributed by atoms with E-state index in [1.807, 2.05) is 0 Å². The summed E-state index contributed by atoms with van der Waals surface area (Å²) >= 11 is 0. The molecule has 1 unspecified atom stereocenters. The summed E-state index contributed by atoms with van der Waals surface area (Å²) < 4.78 is 0. The smallest absolute Gasteiger partial charge is 0.0695 e. The van der Waals surface area contributed by atoms with Gasteiger partial charge in [0, 0.05) is 18.6 Å². The molecule has 3 aliphatic rings. The van der Waals surface area contributed by atoms with Crippen molar-refractivity contribution in [2.24, 2.45) is 5.92 Å². The van der Waals surface area contributed by atoms with Crippen LogP contribution in [-0.4, -0.2) is 34.7 Å². The van der Waals surface area contributed by atoms with E-state index in [9.17, 15) is 5.11 Å². The largest absolute Gasteiger partial charge is 0.392 e. The predicted octanol–water partition coefficient (Wildman–Crippen LogP) is 4.90. The van der Waals surface area contributed by atoms with Gasteiger partial charge in [0.1, 0.15) is 0 Å². The van der Waals surface area contributed by atoms with Crippen molar-refractivity contribution >= 4 is 0 Å². The van der Waals surface area contributed by atoms with E-state index >= 15 is 0 Å².